The Hall–Kier alpha value is -1.71. The quantitative estimate of drug-likeness (QED) is 0.479. The average Bonchev–Trinajstić information content (AvgIpc) is 2.38. The van der Waals surface area contributed by atoms with E-state index >= 15 is 0 Å². The van der Waals surface area contributed by atoms with Crippen LogP contribution in [0.4, 0.5) is 11.4 Å². The summed E-state index contributed by atoms with van der Waals surface area (Å²) in [5.41, 5.74) is 7.82. The van der Waals surface area contributed by atoms with Gasteiger partial charge >= 0.3 is 5.97 Å². The van der Waals surface area contributed by atoms with Crippen LogP contribution in [-0.4, -0.2) is 26.7 Å². The Labute approximate surface area is 109 Å². The maximum absolute atomic E-state index is 11.5. The summed E-state index contributed by atoms with van der Waals surface area (Å²) in [7, 11) is 3.35. The fourth-order valence-electron chi connectivity index (χ4n) is 1.89. The molecule has 1 aromatic rings. The van der Waals surface area contributed by atoms with Crippen LogP contribution in [-0.2, 0) is 4.74 Å². The maximum atomic E-state index is 11.5. The van der Waals surface area contributed by atoms with E-state index in [2.05, 4.69) is 11.8 Å². The molecule has 100 valence electrons. The molecule has 2 N–H and O–H groups in total. The fraction of sp³-hybridized carbons (Fsp3) is 0.500. The third-order valence-electron chi connectivity index (χ3n) is 3.00. The number of carbonyl (C=O) groups excluding carboxylic acids is 1. The zero-order valence-electron chi connectivity index (χ0n) is 11.4. The van der Waals surface area contributed by atoms with Crippen LogP contribution in [0, 0.1) is 0 Å². The Balaban J connectivity index is 2.85. The van der Waals surface area contributed by atoms with Gasteiger partial charge in [0.05, 0.1) is 24.0 Å². The molecule has 0 heterocycles. The molecule has 0 atom stereocenters. The number of ether oxygens (including phenoxy) is 1. The van der Waals surface area contributed by atoms with Gasteiger partial charge in [0, 0.05) is 13.6 Å². The van der Waals surface area contributed by atoms with Crippen molar-refractivity contribution < 1.29 is 9.53 Å². The van der Waals surface area contributed by atoms with Gasteiger partial charge in [-0.25, -0.2) is 4.79 Å². The van der Waals surface area contributed by atoms with E-state index in [9.17, 15) is 4.79 Å². The fourth-order valence-corrected chi connectivity index (χ4v) is 1.89. The van der Waals surface area contributed by atoms with E-state index in [1.165, 1.54) is 20.0 Å². The van der Waals surface area contributed by atoms with E-state index in [1.54, 1.807) is 6.07 Å². The lowest BCUT2D eigenvalue weighted by atomic mass is 10.1. The van der Waals surface area contributed by atoms with Crippen molar-refractivity contribution in [1.29, 1.82) is 0 Å². The van der Waals surface area contributed by atoms with Crippen LogP contribution in [0.2, 0.25) is 0 Å². The van der Waals surface area contributed by atoms with Crippen molar-refractivity contribution in [2.75, 3.05) is 31.3 Å². The summed E-state index contributed by atoms with van der Waals surface area (Å²) in [6.07, 6.45) is 3.50. The summed E-state index contributed by atoms with van der Waals surface area (Å²) in [4.78, 5) is 13.6. The lowest BCUT2D eigenvalue weighted by Crippen LogP contribution is -2.21. The lowest BCUT2D eigenvalue weighted by molar-refractivity contribution is 0.0602. The minimum Gasteiger partial charge on any atom is -0.465 e. The van der Waals surface area contributed by atoms with Crippen molar-refractivity contribution in [3.63, 3.8) is 0 Å². The number of nitrogen functional groups attached to an aromatic ring is 1. The predicted octanol–water partition coefficient (Wildman–Crippen LogP) is 2.68. The third kappa shape index (κ3) is 3.39. The molecular formula is C14H22N2O2. The Bertz CT molecular complexity index is 405. The van der Waals surface area contributed by atoms with Gasteiger partial charge in [-0.1, -0.05) is 25.8 Å². The van der Waals surface area contributed by atoms with Crippen molar-refractivity contribution in [3.05, 3.63) is 23.8 Å². The van der Waals surface area contributed by atoms with E-state index in [4.69, 9.17) is 10.5 Å². The standard InChI is InChI=1S/C14H22N2O2/c1-4-5-6-10-16(2)12-9-7-8-11(13(12)15)14(17)18-3/h7-9H,4-6,10,15H2,1-3H3. The van der Waals surface area contributed by atoms with Crippen LogP contribution >= 0.6 is 0 Å². The second-order valence-corrected chi connectivity index (χ2v) is 4.36. The molecule has 0 unspecified atom stereocenters. The second kappa shape index (κ2) is 6.89. The number of anilines is 2. The lowest BCUT2D eigenvalue weighted by Gasteiger charge is -2.22. The molecule has 0 aliphatic carbocycles. The highest BCUT2D eigenvalue weighted by Crippen LogP contribution is 2.26. The molecule has 0 saturated carbocycles. The molecule has 4 nitrogen and oxygen atoms in total. The van der Waals surface area contributed by atoms with E-state index in [1.807, 2.05) is 19.2 Å². The van der Waals surface area contributed by atoms with Gasteiger partial charge in [0.1, 0.15) is 0 Å². The molecule has 0 spiro atoms. The van der Waals surface area contributed by atoms with Gasteiger partial charge < -0.3 is 15.4 Å². The first-order valence-electron chi connectivity index (χ1n) is 6.29. The Morgan fingerprint density at radius 2 is 2.11 bits per heavy atom. The average molecular weight is 250 g/mol. The highest BCUT2D eigenvalue weighted by molar-refractivity contribution is 5.98. The molecule has 0 amide bonds. The first-order valence-corrected chi connectivity index (χ1v) is 6.29. The van der Waals surface area contributed by atoms with Crippen molar-refractivity contribution in [2.45, 2.75) is 26.2 Å². The van der Waals surface area contributed by atoms with Crippen molar-refractivity contribution in [3.8, 4) is 0 Å². The number of nitrogens with two attached hydrogens (primary N) is 1. The second-order valence-electron chi connectivity index (χ2n) is 4.36. The predicted molar refractivity (Wildman–Crippen MR) is 75.0 cm³/mol. The molecular weight excluding hydrogens is 228 g/mol. The summed E-state index contributed by atoms with van der Waals surface area (Å²) in [5.74, 6) is -0.392. The molecule has 0 radical (unpaired) electrons. The molecule has 0 aliphatic rings. The number of methoxy groups -OCH3 is 1. The van der Waals surface area contributed by atoms with Gasteiger partial charge in [-0.15, -0.1) is 0 Å². The van der Waals surface area contributed by atoms with Crippen LogP contribution in [0.1, 0.15) is 36.5 Å². The van der Waals surface area contributed by atoms with E-state index < -0.39 is 5.97 Å². The highest BCUT2D eigenvalue weighted by atomic mass is 16.5. The topological polar surface area (TPSA) is 55.6 Å². The number of carbonyl (C=O) groups is 1. The number of nitrogens with zero attached hydrogens (tertiary/aromatic N) is 1. The number of hydrogen-bond acceptors (Lipinski definition) is 4. The summed E-state index contributed by atoms with van der Waals surface area (Å²) in [6.45, 7) is 3.11. The van der Waals surface area contributed by atoms with E-state index in [0.29, 0.717) is 11.3 Å². The number of esters is 1. The summed E-state index contributed by atoms with van der Waals surface area (Å²) < 4.78 is 4.71. The number of rotatable bonds is 6. The van der Waals surface area contributed by atoms with Gasteiger partial charge in [-0.05, 0) is 18.6 Å². The molecule has 0 fully saturated rings. The number of para-hydroxylation sites is 1. The Morgan fingerprint density at radius 1 is 1.39 bits per heavy atom. The molecule has 0 saturated heterocycles. The van der Waals surface area contributed by atoms with Gasteiger partial charge in [-0.3, -0.25) is 0 Å². The van der Waals surface area contributed by atoms with Crippen LogP contribution in [0.3, 0.4) is 0 Å². The van der Waals surface area contributed by atoms with Gasteiger partial charge in [0.25, 0.3) is 0 Å². The highest BCUT2D eigenvalue weighted by Gasteiger charge is 2.14. The normalized spacial score (nSPS) is 10.2. The summed E-state index contributed by atoms with van der Waals surface area (Å²) >= 11 is 0. The monoisotopic (exact) mass is 250 g/mol. The molecule has 4 heteroatoms. The van der Waals surface area contributed by atoms with Crippen molar-refractivity contribution in [2.24, 2.45) is 0 Å². The van der Waals surface area contributed by atoms with Crippen LogP contribution < -0.4 is 10.6 Å². The zero-order valence-corrected chi connectivity index (χ0v) is 11.4. The molecule has 0 bridgehead atoms. The minimum absolute atomic E-state index is 0.392. The number of unbranched alkanes of at least 4 members (excludes halogenated alkanes) is 2. The molecule has 1 aromatic carbocycles. The van der Waals surface area contributed by atoms with E-state index in [0.717, 1.165) is 18.7 Å². The largest absolute Gasteiger partial charge is 0.465 e. The smallest absolute Gasteiger partial charge is 0.340 e. The zero-order chi connectivity index (χ0) is 13.5. The maximum Gasteiger partial charge on any atom is 0.340 e. The van der Waals surface area contributed by atoms with Crippen molar-refractivity contribution >= 4 is 17.3 Å². The first-order chi connectivity index (χ1) is 8.61. The Morgan fingerprint density at radius 3 is 2.72 bits per heavy atom. The van der Waals surface area contributed by atoms with Gasteiger partial charge in [0.2, 0.25) is 0 Å². The van der Waals surface area contributed by atoms with Crippen molar-refractivity contribution in [1.82, 2.24) is 0 Å². The number of benzene rings is 1. The summed E-state index contributed by atoms with van der Waals surface area (Å²) in [5, 5.41) is 0. The number of hydrogen-bond donors (Lipinski definition) is 1. The van der Waals surface area contributed by atoms with Gasteiger partial charge in [-0.2, -0.15) is 0 Å². The summed E-state index contributed by atoms with van der Waals surface area (Å²) in [6, 6.07) is 5.44. The Kier molecular flexibility index (Phi) is 5.49. The molecule has 0 aliphatic heterocycles. The van der Waals surface area contributed by atoms with Crippen LogP contribution in [0.15, 0.2) is 18.2 Å². The van der Waals surface area contributed by atoms with E-state index in [-0.39, 0.29) is 0 Å². The third-order valence-corrected chi connectivity index (χ3v) is 3.00. The van der Waals surface area contributed by atoms with Crippen LogP contribution in [0.25, 0.3) is 0 Å². The first kappa shape index (κ1) is 14.4. The SMILES string of the molecule is CCCCCN(C)c1cccc(C(=O)OC)c1N. The van der Waals surface area contributed by atoms with Crippen LogP contribution in [0.5, 0.6) is 0 Å². The molecule has 0 aromatic heterocycles. The van der Waals surface area contributed by atoms with Gasteiger partial charge in [0.15, 0.2) is 0 Å². The molecule has 1 rings (SSSR count). The minimum atomic E-state index is -0.392. The molecule has 18 heavy (non-hydrogen) atoms.